The Labute approximate surface area is 168 Å². The van der Waals surface area contributed by atoms with Gasteiger partial charge in [-0.2, -0.15) is 0 Å². The Morgan fingerprint density at radius 2 is 1.86 bits per heavy atom. The highest BCUT2D eigenvalue weighted by molar-refractivity contribution is 7.98. The molecule has 3 rings (SSSR count). The Morgan fingerprint density at radius 1 is 1.18 bits per heavy atom. The van der Waals surface area contributed by atoms with Crippen LogP contribution >= 0.6 is 11.8 Å². The number of benzene rings is 1. The third-order valence-electron chi connectivity index (χ3n) is 5.56. The number of hydrogen-bond acceptors (Lipinski definition) is 6. The number of Topliss-reactive ketones (excluding diaryl/α,β-unsaturated/α-hetero) is 2. The molecule has 0 spiro atoms. The van der Waals surface area contributed by atoms with Gasteiger partial charge in [-0.05, 0) is 44.1 Å². The highest BCUT2D eigenvalue weighted by Gasteiger charge is 2.41. The van der Waals surface area contributed by atoms with Crippen molar-refractivity contribution in [3.05, 3.63) is 23.8 Å². The Hall–Kier alpha value is -2.15. The van der Waals surface area contributed by atoms with Gasteiger partial charge in [-0.15, -0.1) is 11.8 Å². The highest BCUT2D eigenvalue weighted by Crippen LogP contribution is 2.40. The minimum Gasteiger partial charge on any atom is -0.457 e. The topological polar surface area (TPSA) is 89.5 Å². The number of amides is 1. The predicted octanol–water partition coefficient (Wildman–Crippen LogP) is 3.49. The van der Waals surface area contributed by atoms with Crippen molar-refractivity contribution < 1.29 is 23.9 Å². The molecule has 2 aliphatic rings. The molecule has 2 atom stereocenters. The molecule has 150 valence electrons. The van der Waals surface area contributed by atoms with Gasteiger partial charge >= 0.3 is 5.97 Å². The Bertz CT molecular complexity index is 790. The van der Waals surface area contributed by atoms with Crippen LogP contribution in [0.4, 0.5) is 5.69 Å². The zero-order chi connectivity index (χ0) is 20.3. The lowest BCUT2D eigenvalue weighted by atomic mass is 9.67. The number of fused-ring (bicyclic) bond motifs is 2. The van der Waals surface area contributed by atoms with E-state index in [0.29, 0.717) is 29.9 Å². The van der Waals surface area contributed by atoms with Crippen molar-refractivity contribution in [2.75, 3.05) is 18.2 Å². The molecule has 0 aromatic heterocycles. The lowest BCUT2D eigenvalue weighted by Crippen LogP contribution is -2.39. The number of thioether (sulfide) groups is 1. The van der Waals surface area contributed by atoms with Crippen LogP contribution in [0.3, 0.4) is 0 Å². The zero-order valence-corrected chi connectivity index (χ0v) is 17.0. The molecule has 2 bridgehead atoms. The summed E-state index contributed by atoms with van der Waals surface area (Å²) in [4.78, 5) is 49.3. The number of hydrogen-bond donors (Lipinski definition) is 1. The van der Waals surface area contributed by atoms with Gasteiger partial charge in [-0.3, -0.25) is 19.2 Å². The standard InChI is InChI=1S/C21H25NO5S/c1-12(23)22-17-10-13(6-7-19(17)28-2)18(24)11-27-21(26)16-8-14-4-3-5-15(9-16)20(14)25/h6-7,10,14-16H,3-5,8-9,11H2,1-2H3,(H,22,23). The first-order valence-corrected chi connectivity index (χ1v) is 10.8. The first-order chi connectivity index (χ1) is 13.4. The fraction of sp³-hybridized carbons (Fsp3) is 0.524. The predicted molar refractivity (Wildman–Crippen MR) is 106 cm³/mol. The number of anilines is 1. The fourth-order valence-corrected chi connectivity index (χ4v) is 4.71. The van der Waals surface area contributed by atoms with Crippen LogP contribution in [0.1, 0.15) is 49.4 Å². The SMILES string of the molecule is CSc1ccc(C(=O)COC(=O)C2CC3CCCC(C2)C3=O)cc1NC(C)=O. The molecule has 0 heterocycles. The minimum absolute atomic E-state index is 0.0277. The van der Waals surface area contributed by atoms with Crippen LogP contribution < -0.4 is 5.32 Å². The van der Waals surface area contributed by atoms with E-state index in [9.17, 15) is 19.2 Å². The number of rotatable bonds is 6. The average Bonchev–Trinajstić information content (AvgIpc) is 2.65. The third-order valence-corrected chi connectivity index (χ3v) is 6.35. The van der Waals surface area contributed by atoms with Gasteiger partial charge in [0.15, 0.2) is 12.4 Å². The quantitative estimate of drug-likeness (QED) is 0.444. The Balaban J connectivity index is 1.60. The molecule has 2 unspecified atom stereocenters. The van der Waals surface area contributed by atoms with Gasteiger partial charge in [0.2, 0.25) is 5.91 Å². The Morgan fingerprint density at radius 3 is 2.46 bits per heavy atom. The molecule has 2 saturated carbocycles. The fourth-order valence-electron chi connectivity index (χ4n) is 4.18. The summed E-state index contributed by atoms with van der Waals surface area (Å²) in [7, 11) is 0. The van der Waals surface area contributed by atoms with Crippen molar-refractivity contribution >= 4 is 40.9 Å². The minimum atomic E-state index is -0.388. The van der Waals surface area contributed by atoms with E-state index >= 15 is 0 Å². The monoisotopic (exact) mass is 403 g/mol. The summed E-state index contributed by atoms with van der Waals surface area (Å²) in [5.41, 5.74) is 0.945. The molecule has 2 fully saturated rings. The van der Waals surface area contributed by atoms with E-state index in [1.807, 2.05) is 6.26 Å². The van der Waals surface area contributed by atoms with Crippen molar-refractivity contribution in [1.29, 1.82) is 0 Å². The first-order valence-electron chi connectivity index (χ1n) is 9.58. The van der Waals surface area contributed by atoms with Gasteiger partial charge in [-0.1, -0.05) is 12.5 Å². The molecule has 28 heavy (non-hydrogen) atoms. The summed E-state index contributed by atoms with van der Waals surface area (Å²) in [6.07, 6.45) is 5.71. The van der Waals surface area contributed by atoms with Crippen molar-refractivity contribution in [2.45, 2.75) is 43.9 Å². The van der Waals surface area contributed by atoms with Crippen molar-refractivity contribution in [1.82, 2.24) is 0 Å². The molecule has 7 heteroatoms. The summed E-state index contributed by atoms with van der Waals surface area (Å²) in [6, 6.07) is 5.03. The first kappa shape index (κ1) is 20.6. The number of ether oxygens (including phenoxy) is 1. The summed E-state index contributed by atoms with van der Waals surface area (Å²) in [5, 5.41) is 2.71. The number of nitrogens with one attached hydrogen (secondary N) is 1. The van der Waals surface area contributed by atoms with Gasteiger partial charge < -0.3 is 10.1 Å². The van der Waals surface area contributed by atoms with E-state index in [1.54, 1.807) is 18.2 Å². The van der Waals surface area contributed by atoms with E-state index in [0.717, 1.165) is 24.2 Å². The van der Waals surface area contributed by atoms with E-state index in [4.69, 9.17) is 4.74 Å². The van der Waals surface area contributed by atoms with Gasteiger partial charge in [0.1, 0.15) is 5.78 Å². The maximum absolute atomic E-state index is 12.5. The molecule has 1 amide bonds. The van der Waals surface area contributed by atoms with Crippen LogP contribution in [0.15, 0.2) is 23.1 Å². The maximum atomic E-state index is 12.5. The third kappa shape index (κ3) is 4.63. The Kier molecular flexibility index (Phi) is 6.54. The average molecular weight is 404 g/mol. The van der Waals surface area contributed by atoms with Crippen LogP contribution in [0.25, 0.3) is 0 Å². The molecule has 0 saturated heterocycles. The lowest BCUT2D eigenvalue weighted by Gasteiger charge is -2.36. The largest absolute Gasteiger partial charge is 0.457 e. The second-order valence-corrected chi connectivity index (χ2v) is 8.37. The van der Waals surface area contributed by atoms with E-state index in [2.05, 4.69) is 5.32 Å². The van der Waals surface area contributed by atoms with E-state index < -0.39 is 0 Å². The number of ketones is 2. The molecule has 1 N–H and O–H groups in total. The highest BCUT2D eigenvalue weighted by atomic mass is 32.2. The van der Waals surface area contributed by atoms with Gasteiger partial charge in [-0.25, -0.2) is 0 Å². The summed E-state index contributed by atoms with van der Waals surface area (Å²) in [6.45, 7) is 1.07. The second-order valence-electron chi connectivity index (χ2n) is 7.52. The molecule has 0 aliphatic heterocycles. The summed E-state index contributed by atoms with van der Waals surface area (Å²) < 4.78 is 5.28. The molecular weight excluding hydrogens is 378 g/mol. The molecule has 1 aromatic rings. The smallest absolute Gasteiger partial charge is 0.309 e. The van der Waals surface area contributed by atoms with Crippen LogP contribution in [-0.2, 0) is 19.1 Å². The van der Waals surface area contributed by atoms with Crippen LogP contribution in [-0.4, -0.2) is 36.3 Å². The summed E-state index contributed by atoms with van der Waals surface area (Å²) >= 11 is 1.46. The second kappa shape index (κ2) is 8.90. The van der Waals surface area contributed by atoms with Gasteiger partial charge in [0.25, 0.3) is 0 Å². The molecule has 0 radical (unpaired) electrons. The van der Waals surface area contributed by atoms with Gasteiger partial charge in [0, 0.05) is 29.2 Å². The van der Waals surface area contributed by atoms with Crippen molar-refractivity contribution in [3.8, 4) is 0 Å². The van der Waals surface area contributed by atoms with Crippen LogP contribution in [0.2, 0.25) is 0 Å². The lowest BCUT2D eigenvalue weighted by molar-refractivity contribution is -0.152. The van der Waals surface area contributed by atoms with Gasteiger partial charge in [0.05, 0.1) is 11.6 Å². The van der Waals surface area contributed by atoms with Crippen LogP contribution in [0, 0.1) is 17.8 Å². The summed E-state index contributed by atoms with van der Waals surface area (Å²) in [5.74, 6) is -0.982. The normalized spacial score (nSPS) is 23.8. The number of esters is 1. The molecule has 1 aromatic carbocycles. The maximum Gasteiger partial charge on any atom is 0.309 e. The van der Waals surface area contributed by atoms with Crippen LogP contribution in [0.5, 0.6) is 0 Å². The van der Waals surface area contributed by atoms with E-state index in [-0.39, 0.29) is 42.0 Å². The van der Waals surface area contributed by atoms with E-state index in [1.165, 1.54) is 18.7 Å². The number of carbonyl (C=O) groups is 4. The zero-order valence-electron chi connectivity index (χ0n) is 16.2. The molecule has 2 aliphatic carbocycles. The molecule has 6 nitrogen and oxygen atoms in total. The number of carbonyl (C=O) groups excluding carboxylic acids is 4. The molecular formula is C21H25NO5S. The van der Waals surface area contributed by atoms with Crippen molar-refractivity contribution in [2.24, 2.45) is 17.8 Å². The van der Waals surface area contributed by atoms with Crippen molar-refractivity contribution in [3.63, 3.8) is 0 Å².